The Morgan fingerprint density at radius 3 is 2.57 bits per heavy atom. The average Bonchev–Trinajstić information content (AvgIpc) is 3.12. The summed E-state index contributed by atoms with van der Waals surface area (Å²) in [7, 11) is 1.70. The monoisotopic (exact) mass is 526 g/mol. The van der Waals surface area contributed by atoms with Gasteiger partial charge in [-0.2, -0.15) is 0 Å². The summed E-state index contributed by atoms with van der Waals surface area (Å²) in [5.74, 6) is 0.428. The highest BCUT2D eigenvalue weighted by Gasteiger charge is 2.06. The molecule has 30 heavy (non-hydrogen) atoms. The lowest BCUT2D eigenvalue weighted by Crippen LogP contribution is -2.40. The molecular formula is C20H24FIN6O2. The van der Waals surface area contributed by atoms with Gasteiger partial charge in [0.2, 0.25) is 0 Å². The molecule has 0 aliphatic heterocycles. The number of aromatic amines is 1. The number of nitro benzene ring substituents is 1. The van der Waals surface area contributed by atoms with E-state index < -0.39 is 4.92 Å². The first-order chi connectivity index (χ1) is 14.1. The molecule has 0 radical (unpaired) electrons. The standard InChI is InChI=1S/C20H23FN6O2.HI/c1-22-20(25-11-10-23-16-3-5-17(6-4-16)27(28)29)24-9-8-14-13-26-19-12-15(21)2-7-18(14)19;/h2-7,12-13,23,26H,8-11H2,1H3,(H2,22,24,25);1H. The summed E-state index contributed by atoms with van der Waals surface area (Å²) in [6.45, 7) is 1.94. The van der Waals surface area contributed by atoms with Crippen molar-refractivity contribution in [3.63, 3.8) is 0 Å². The SMILES string of the molecule is CN=C(NCCNc1ccc([N+](=O)[O-])cc1)NCCc1c[nH]c2cc(F)ccc12.I. The second-order valence-corrected chi connectivity index (χ2v) is 6.41. The van der Waals surface area contributed by atoms with Crippen molar-refractivity contribution in [3.8, 4) is 0 Å². The van der Waals surface area contributed by atoms with Crippen molar-refractivity contribution in [3.05, 3.63) is 70.2 Å². The van der Waals surface area contributed by atoms with Crippen LogP contribution in [-0.2, 0) is 6.42 Å². The Morgan fingerprint density at radius 2 is 1.87 bits per heavy atom. The number of nitrogens with zero attached hydrogens (tertiary/aromatic N) is 2. The number of H-pyrrole nitrogens is 1. The first kappa shape index (κ1) is 23.4. The molecule has 0 aliphatic rings. The summed E-state index contributed by atoms with van der Waals surface area (Å²) in [5.41, 5.74) is 2.79. The van der Waals surface area contributed by atoms with Crippen molar-refractivity contribution in [2.45, 2.75) is 6.42 Å². The summed E-state index contributed by atoms with van der Waals surface area (Å²) < 4.78 is 13.3. The first-order valence-electron chi connectivity index (χ1n) is 9.25. The molecule has 3 rings (SSSR count). The van der Waals surface area contributed by atoms with E-state index >= 15 is 0 Å². The van der Waals surface area contributed by atoms with E-state index in [1.807, 2.05) is 6.20 Å². The molecule has 0 saturated heterocycles. The number of aliphatic imine (C=N–C) groups is 1. The van der Waals surface area contributed by atoms with Gasteiger partial charge in [0, 0.05) is 61.6 Å². The normalized spacial score (nSPS) is 11.1. The Labute approximate surface area is 190 Å². The van der Waals surface area contributed by atoms with E-state index in [0.717, 1.165) is 28.6 Å². The van der Waals surface area contributed by atoms with E-state index in [2.05, 4.69) is 25.9 Å². The number of guanidine groups is 1. The number of anilines is 1. The van der Waals surface area contributed by atoms with Crippen LogP contribution in [0.1, 0.15) is 5.56 Å². The molecule has 0 saturated carbocycles. The fourth-order valence-electron chi connectivity index (χ4n) is 2.99. The molecule has 0 atom stereocenters. The smallest absolute Gasteiger partial charge is 0.269 e. The van der Waals surface area contributed by atoms with Crippen LogP contribution < -0.4 is 16.0 Å². The zero-order valence-corrected chi connectivity index (χ0v) is 18.8. The summed E-state index contributed by atoms with van der Waals surface area (Å²) in [5, 5.41) is 21.3. The minimum atomic E-state index is -0.421. The third-order valence-electron chi connectivity index (χ3n) is 4.46. The predicted octanol–water partition coefficient (Wildman–Crippen LogP) is 3.65. The summed E-state index contributed by atoms with van der Waals surface area (Å²) in [4.78, 5) is 17.5. The molecule has 2 aromatic carbocycles. The number of benzene rings is 2. The Balaban J connectivity index is 0.00000320. The zero-order chi connectivity index (χ0) is 20.6. The third kappa shape index (κ3) is 6.31. The van der Waals surface area contributed by atoms with Crippen molar-refractivity contribution in [1.29, 1.82) is 0 Å². The van der Waals surface area contributed by atoms with Gasteiger partial charge in [-0.1, -0.05) is 0 Å². The van der Waals surface area contributed by atoms with Gasteiger partial charge < -0.3 is 20.9 Å². The Hall–Kier alpha value is -2.89. The minimum absolute atomic E-state index is 0. The number of nitrogens with one attached hydrogen (secondary N) is 4. The van der Waals surface area contributed by atoms with Crippen molar-refractivity contribution in [2.75, 3.05) is 32.0 Å². The number of nitro groups is 1. The van der Waals surface area contributed by atoms with Crippen LogP contribution in [0.3, 0.4) is 0 Å². The lowest BCUT2D eigenvalue weighted by molar-refractivity contribution is -0.384. The van der Waals surface area contributed by atoms with Crippen LogP contribution in [0.2, 0.25) is 0 Å². The molecular weight excluding hydrogens is 502 g/mol. The summed E-state index contributed by atoms with van der Waals surface area (Å²) in [6.07, 6.45) is 2.67. The van der Waals surface area contributed by atoms with E-state index in [9.17, 15) is 14.5 Å². The maximum atomic E-state index is 13.3. The molecule has 0 aliphatic carbocycles. The second kappa shape index (κ2) is 11.3. The molecule has 1 heterocycles. The lowest BCUT2D eigenvalue weighted by Gasteiger charge is -2.12. The van der Waals surface area contributed by atoms with Gasteiger partial charge in [0.15, 0.2) is 5.96 Å². The highest BCUT2D eigenvalue weighted by molar-refractivity contribution is 14.0. The molecule has 10 heteroatoms. The van der Waals surface area contributed by atoms with Crippen molar-refractivity contribution >= 4 is 52.2 Å². The number of non-ortho nitro benzene ring substituents is 1. The Bertz CT molecular complexity index is 1010. The summed E-state index contributed by atoms with van der Waals surface area (Å²) in [6, 6.07) is 11.0. The van der Waals surface area contributed by atoms with Crippen molar-refractivity contribution < 1.29 is 9.31 Å². The fourth-order valence-corrected chi connectivity index (χ4v) is 2.99. The van der Waals surface area contributed by atoms with Crippen molar-refractivity contribution in [2.24, 2.45) is 4.99 Å². The van der Waals surface area contributed by atoms with E-state index in [1.54, 1.807) is 25.2 Å². The van der Waals surface area contributed by atoms with Crippen LogP contribution in [0, 0.1) is 15.9 Å². The molecule has 8 nitrogen and oxygen atoms in total. The van der Waals surface area contributed by atoms with Crippen LogP contribution in [0.5, 0.6) is 0 Å². The highest BCUT2D eigenvalue weighted by atomic mass is 127. The van der Waals surface area contributed by atoms with Crippen LogP contribution in [0.25, 0.3) is 10.9 Å². The Kier molecular flexibility index (Phi) is 8.84. The van der Waals surface area contributed by atoms with Gasteiger partial charge in [0.25, 0.3) is 5.69 Å². The van der Waals surface area contributed by atoms with Crippen LogP contribution in [0.15, 0.2) is 53.7 Å². The quantitative estimate of drug-likeness (QED) is 0.0896. The molecule has 0 unspecified atom stereocenters. The van der Waals surface area contributed by atoms with Crippen LogP contribution >= 0.6 is 24.0 Å². The number of fused-ring (bicyclic) bond motifs is 1. The molecule has 0 bridgehead atoms. The Morgan fingerprint density at radius 1 is 1.13 bits per heavy atom. The molecule has 1 aromatic heterocycles. The molecule has 3 aromatic rings. The minimum Gasteiger partial charge on any atom is -0.383 e. The largest absolute Gasteiger partial charge is 0.383 e. The number of hydrogen-bond acceptors (Lipinski definition) is 4. The van der Waals surface area contributed by atoms with Crippen LogP contribution in [-0.4, -0.2) is 42.5 Å². The lowest BCUT2D eigenvalue weighted by atomic mass is 10.1. The fraction of sp³-hybridized carbons (Fsp3) is 0.250. The number of hydrogen-bond donors (Lipinski definition) is 4. The van der Waals surface area contributed by atoms with E-state index in [1.165, 1.54) is 24.3 Å². The number of rotatable bonds is 8. The van der Waals surface area contributed by atoms with Gasteiger partial charge in [-0.05, 0) is 42.3 Å². The average molecular weight is 526 g/mol. The summed E-state index contributed by atoms with van der Waals surface area (Å²) >= 11 is 0. The van der Waals surface area contributed by atoms with Gasteiger partial charge in [-0.15, -0.1) is 24.0 Å². The number of aromatic nitrogens is 1. The zero-order valence-electron chi connectivity index (χ0n) is 16.4. The molecule has 4 N–H and O–H groups in total. The predicted molar refractivity (Wildman–Crippen MR) is 128 cm³/mol. The molecule has 0 spiro atoms. The topological polar surface area (TPSA) is 107 Å². The van der Waals surface area contributed by atoms with Gasteiger partial charge in [-0.25, -0.2) is 4.39 Å². The van der Waals surface area contributed by atoms with E-state index in [-0.39, 0.29) is 35.5 Å². The molecule has 160 valence electrons. The first-order valence-corrected chi connectivity index (χ1v) is 9.25. The number of halogens is 2. The highest BCUT2D eigenvalue weighted by Crippen LogP contribution is 2.19. The van der Waals surface area contributed by atoms with E-state index in [4.69, 9.17) is 0 Å². The van der Waals surface area contributed by atoms with Gasteiger partial charge >= 0.3 is 0 Å². The van der Waals surface area contributed by atoms with Gasteiger partial charge in [0.05, 0.1) is 4.92 Å². The maximum absolute atomic E-state index is 13.3. The van der Waals surface area contributed by atoms with Gasteiger partial charge in [0.1, 0.15) is 5.82 Å². The second-order valence-electron chi connectivity index (χ2n) is 6.41. The maximum Gasteiger partial charge on any atom is 0.269 e. The third-order valence-corrected chi connectivity index (χ3v) is 4.46. The van der Waals surface area contributed by atoms with Crippen molar-refractivity contribution in [1.82, 2.24) is 15.6 Å². The van der Waals surface area contributed by atoms with E-state index in [0.29, 0.717) is 25.6 Å². The molecule has 0 amide bonds. The molecule has 0 fully saturated rings. The van der Waals surface area contributed by atoms with Crippen LogP contribution in [0.4, 0.5) is 15.8 Å². The van der Waals surface area contributed by atoms with Gasteiger partial charge in [-0.3, -0.25) is 15.1 Å².